The second kappa shape index (κ2) is 7.11. The van der Waals surface area contributed by atoms with Gasteiger partial charge in [0.05, 0.1) is 12.0 Å². The number of nitrogens with one attached hydrogen (secondary N) is 1. The first-order valence-electron chi connectivity index (χ1n) is 7.40. The minimum Gasteiger partial charge on any atom is -0.481 e. The standard InChI is InChI=1S/C16H21ClN2O3/c1-10-7-12(16(21)22)9-19(8-10)11(2)15(20)18-14-5-3-13(17)4-6-14/h3-6,10-12H,7-9H2,1-2H3,(H,18,20)(H,21,22). The van der Waals surface area contributed by atoms with Crippen molar-refractivity contribution in [2.75, 3.05) is 18.4 Å². The van der Waals surface area contributed by atoms with Crippen LogP contribution in [0.2, 0.25) is 5.02 Å². The fourth-order valence-corrected chi connectivity index (χ4v) is 2.96. The van der Waals surface area contributed by atoms with Crippen molar-refractivity contribution in [3.63, 3.8) is 0 Å². The molecule has 120 valence electrons. The van der Waals surface area contributed by atoms with E-state index in [9.17, 15) is 14.7 Å². The largest absolute Gasteiger partial charge is 0.481 e. The van der Waals surface area contributed by atoms with Crippen molar-refractivity contribution in [2.24, 2.45) is 11.8 Å². The molecule has 1 aliphatic heterocycles. The molecule has 1 fully saturated rings. The zero-order valence-electron chi connectivity index (χ0n) is 12.8. The molecule has 2 N–H and O–H groups in total. The second-order valence-corrected chi connectivity index (χ2v) is 6.44. The Morgan fingerprint density at radius 2 is 1.95 bits per heavy atom. The molecule has 1 saturated heterocycles. The molecule has 1 heterocycles. The van der Waals surface area contributed by atoms with E-state index in [2.05, 4.69) is 5.32 Å². The normalized spacial score (nSPS) is 23.8. The third kappa shape index (κ3) is 4.21. The highest BCUT2D eigenvalue weighted by molar-refractivity contribution is 6.30. The third-order valence-corrected chi connectivity index (χ3v) is 4.33. The summed E-state index contributed by atoms with van der Waals surface area (Å²) < 4.78 is 0. The number of likely N-dealkylation sites (tertiary alicyclic amines) is 1. The van der Waals surface area contributed by atoms with Crippen LogP contribution in [0, 0.1) is 11.8 Å². The molecular formula is C16H21ClN2O3. The first-order chi connectivity index (χ1) is 10.4. The fraction of sp³-hybridized carbons (Fsp3) is 0.500. The number of nitrogens with zero attached hydrogens (tertiary/aromatic N) is 1. The Hall–Kier alpha value is -1.59. The number of hydrogen-bond acceptors (Lipinski definition) is 3. The Kier molecular flexibility index (Phi) is 5.42. The lowest BCUT2D eigenvalue weighted by molar-refractivity contribution is -0.145. The van der Waals surface area contributed by atoms with Gasteiger partial charge in [0, 0.05) is 23.8 Å². The van der Waals surface area contributed by atoms with E-state index in [0.717, 1.165) is 6.54 Å². The van der Waals surface area contributed by atoms with Crippen LogP contribution in [0.1, 0.15) is 20.3 Å². The number of halogens is 1. The van der Waals surface area contributed by atoms with E-state index < -0.39 is 11.9 Å². The van der Waals surface area contributed by atoms with E-state index in [1.807, 2.05) is 18.7 Å². The molecule has 0 radical (unpaired) electrons. The monoisotopic (exact) mass is 324 g/mol. The summed E-state index contributed by atoms with van der Waals surface area (Å²) in [5, 5.41) is 12.7. The van der Waals surface area contributed by atoms with Crippen LogP contribution >= 0.6 is 11.6 Å². The molecule has 0 saturated carbocycles. The number of carbonyl (C=O) groups excluding carboxylic acids is 1. The van der Waals surface area contributed by atoms with Gasteiger partial charge in [-0.05, 0) is 43.5 Å². The highest BCUT2D eigenvalue weighted by Gasteiger charge is 2.33. The van der Waals surface area contributed by atoms with Crippen molar-refractivity contribution in [3.05, 3.63) is 29.3 Å². The predicted octanol–water partition coefficient (Wildman–Crippen LogP) is 2.71. The Balaban J connectivity index is 2.00. The zero-order chi connectivity index (χ0) is 16.3. The molecular weight excluding hydrogens is 304 g/mol. The van der Waals surface area contributed by atoms with Gasteiger partial charge in [-0.15, -0.1) is 0 Å². The minimum absolute atomic E-state index is 0.138. The average Bonchev–Trinajstić information content (AvgIpc) is 2.48. The van der Waals surface area contributed by atoms with Crippen LogP contribution in [0.3, 0.4) is 0 Å². The lowest BCUT2D eigenvalue weighted by Gasteiger charge is -2.37. The maximum Gasteiger partial charge on any atom is 0.307 e. The van der Waals surface area contributed by atoms with Crippen molar-refractivity contribution in [2.45, 2.75) is 26.3 Å². The average molecular weight is 325 g/mol. The Morgan fingerprint density at radius 1 is 1.32 bits per heavy atom. The highest BCUT2D eigenvalue weighted by Crippen LogP contribution is 2.24. The molecule has 3 atom stereocenters. The highest BCUT2D eigenvalue weighted by atomic mass is 35.5. The number of carbonyl (C=O) groups is 2. The van der Waals surface area contributed by atoms with Crippen LogP contribution in [0.25, 0.3) is 0 Å². The Morgan fingerprint density at radius 3 is 2.55 bits per heavy atom. The van der Waals surface area contributed by atoms with Crippen molar-refractivity contribution in [1.82, 2.24) is 4.90 Å². The SMILES string of the molecule is CC1CC(C(=O)O)CN(C(C)C(=O)Nc2ccc(Cl)cc2)C1. The van der Waals surface area contributed by atoms with E-state index >= 15 is 0 Å². The number of piperidine rings is 1. The molecule has 1 aromatic rings. The minimum atomic E-state index is -0.790. The number of carboxylic acids is 1. The third-order valence-electron chi connectivity index (χ3n) is 4.08. The molecule has 22 heavy (non-hydrogen) atoms. The maximum absolute atomic E-state index is 12.3. The van der Waals surface area contributed by atoms with E-state index in [-0.39, 0.29) is 17.9 Å². The quantitative estimate of drug-likeness (QED) is 0.893. The van der Waals surface area contributed by atoms with Gasteiger partial charge in [0.25, 0.3) is 0 Å². The molecule has 2 rings (SSSR count). The number of aliphatic carboxylic acids is 1. The van der Waals surface area contributed by atoms with E-state index in [0.29, 0.717) is 23.7 Å². The smallest absolute Gasteiger partial charge is 0.307 e. The lowest BCUT2D eigenvalue weighted by Crippen LogP contribution is -2.50. The van der Waals surface area contributed by atoms with Gasteiger partial charge in [0.15, 0.2) is 0 Å². The van der Waals surface area contributed by atoms with Gasteiger partial charge >= 0.3 is 5.97 Å². The Bertz CT molecular complexity index is 547. The summed E-state index contributed by atoms with van der Waals surface area (Å²) in [5.74, 6) is -1.07. The lowest BCUT2D eigenvalue weighted by atomic mass is 9.89. The number of anilines is 1. The molecule has 1 aliphatic rings. The molecule has 3 unspecified atom stereocenters. The molecule has 0 aliphatic carbocycles. The fourth-order valence-electron chi connectivity index (χ4n) is 2.83. The van der Waals surface area contributed by atoms with Crippen molar-refractivity contribution in [3.8, 4) is 0 Å². The van der Waals surface area contributed by atoms with Crippen LogP contribution in [0.5, 0.6) is 0 Å². The van der Waals surface area contributed by atoms with Gasteiger partial charge in [-0.1, -0.05) is 18.5 Å². The topological polar surface area (TPSA) is 69.6 Å². The summed E-state index contributed by atoms with van der Waals surface area (Å²) in [7, 11) is 0. The van der Waals surface area contributed by atoms with Crippen molar-refractivity contribution in [1.29, 1.82) is 0 Å². The number of hydrogen-bond donors (Lipinski definition) is 2. The summed E-state index contributed by atoms with van der Waals surface area (Å²) in [4.78, 5) is 25.5. The summed E-state index contributed by atoms with van der Waals surface area (Å²) in [6.45, 7) is 4.97. The van der Waals surface area contributed by atoms with Crippen molar-refractivity contribution >= 4 is 29.2 Å². The summed E-state index contributed by atoms with van der Waals surface area (Å²) in [5.41, 5.74) is 0.682. The molecule has 0 spiro atoms. The molecule has 0 aromatic heterocycles. The van der Waals surface area contributed by atoms with Gasteiger partial charge in [-0.3, -0.25) is 14.5 Å². The van der Waals surface area contributed by atoms with Crippen LogP contribution in [-0.4, -0.2) is 41.0 Å². The summed E-state index contributed by atoms with van der Waals surface area (Å²) in [6, 6.07) is 6.54. The molecule has 1 amide bonds. The first kappa shape index (κ1) is 16.8. The van der Waals surface area contributed by atoms with Gasteiger partial charge in [-0.25, -0.2) is 0 Å². The van der Waals surface area contributed by atoms with Crippen LogP contribution in [0.15, 0.2) is 24.3 Å². The molecule has 6 heteroatoms. The summed E-state index contributed by atoms with van der Waals surface area (Å²) >= 11 is 5.82. The van der Waals surface area contributed by atoms with Gasteiger partial charge in [0.1, 0.15) is 0 Å². The summed E-state index contributed by atoms with van der Waals surface area (Å²) in [6.07, 6.45) is 0.664. The number of amides is 1. The van der Waals surface area contributed by atoms with Crippen LogP contribution in [-0.2, 0) is 9.59 Å². The predicted molar refractivity (Wildman–Crippen MR) is 86.0 cm³/mol. The van der Waals surface area contributed by atoms with E-state index in [1.165, 1.54) is 0 Å². The van der Waals surface area contributed by atoms with Gasteiger partial charge in [0.2, 0.25) is 5.91 Å². The van der Waals surface area contributed by atoms with Gasteiger partial charge in [-0.2, -0.15) is 0 Å². The maximum atomic E-state index is 12.3. The number of carboxylic acid groups (broad SMARTS) is 1. The second-order valence-electron chi connectivity index (χ2n) is 6.00. The first-order valence-corrected chi connectivity index (χ1v) is 7.78. The molecule has 0 bridgehead atoms. The Labute approximate surface area is 135 Å². The zero-order valence-corrected chi connectivity index (χ0v) is 13.5. The number of benzene rings is 1. The van der Waals surface area contributed by atoms with Gasteiger partial charge < -0.3 is 10.4 Å². The van der Waals surface area contributed by atoms with Crippen molar-refractivity contribution < 1.29 is 14.7 Å². The van der Waals surface area contributed by atoms with Crippen LogP contribution in [0.4, 0.5) is 5.69 Å². The van der Waals surface area contributed by atoms with Crippen LogP contribution < -0.4 is 5.32 Å². The molecule has 5 nitrogen and oxygen atoms in total. The number of rotatable bonds is 4. The van der Waals surface area contributed by atoms with E-state index in [1.54, 1.807) is 24.3 Å². The van der Waals surface area contributed by atoms with E-state index in [4.69, 9.17) is 11.6 Å². The molecule has 1 aromatic carbocycles.